The Morgan fingerprint density at radius 2 is 1.88 bits per heavy atom. The number of carbonyl (C=O) groups is 1. The monoisotopic (exact) mass is 483 g/mol. The number of halogens is 3. The van der Waals surface area contributed by atoms with Crippen LogP contribution in [0.25, 0.3) is 11.1 Å². The van der Waals surface area contributed by atoms with Crippen LogP contribution in [0, 0.1) is 0 Å². The number of hydrogen-bond acceptors (Lipinski definition) is 5. The molecule has 0 aliphatic rings. The Hall–Kier alpha value is -2.53. The molecule has 10 heteroatoms. The topological polar surface area (TPSA) is 72.5 Å². The third kappa shape index (κ3) is 6.04. The summed E-state index contributed by atoms with van der Waals surface area (Å²) in [6, 6.07) is 10.9. The summed E-state index contributed by atoms with van der Waals surface area (Å²) in [6.07, 6.45) is -4.85. The van der Waals surface area contributed by atoms with Gasteiger partial charge in [0.1, 0.15) is 5.78 Å². The molecule has 0 aliphatic carbocycles. The molecule has 2 aromatic carbocycles. The third-order valence-corrected chi connectivity index (χ3v) is 6.47. The minimum Gasteiger partial charge on any atom is -0.299 e. The molecule has 0 saturated carbocycles. The molecule has 0 atom stereocenters. The van der Waals surface area contributed by atoms with Crippen molar-refractivity contribution in [2.45, 2.75) is 30.8 Å². The second-order valence-corrected chi connectivity index (χ2v) is 9.37. The Bertz CT molecular complexity index is 1190. The Balaban J connectivity index is 1.90. The minimum absolute atomic E-state index is 0.0770. The molecule has 0 saturated heterocycles. The highest BCUT2D eigenvalue weighted by Crippen LogP contribution is 2.31. The van der Waals surface area contributed by atoms with Gasteiger partial charge in [-0.25, -0.2) is 8.42 Å². The summed E-state index contributed by atoms with van der Waals surface area (Å²) in [5, 5.41) is 3.72. The van der Waals surface area contributed by atoms with E-state index < -0.39 is 21.8 Å². The summed E-state index contributed by atoms with van der Waals surface area (Å²) in [5.74, 6) is -0.340. The average molecular weight is 484 g/mol. The Labute approximate surface area is 187 Å². The molecule has 3 aromatic rings. The lowest BCUT2D eigenvalue weighted by molar-refractivity contribution is -0.137. The van der Waals surface area contributed by atoms with Crippen molar-refractivity contribution >= 4 is 27.1 Å². The van der Waals surface area contributed by atoms with E-state index in [2.05, 4.69) is 0 Å². The molecule has 1 aromatic heterocycles. The van der Waals surface area contributed by atoms with Gasteiger partial charge in [0.2, 0.25) is 0 Å². The number of carbonyl (C=O) groups excluding carboxylic acids is 1. The van der Waals surface area contributed by atoms with Crippen molar-refractivity contribution in [1.82, 2.24) is 4.89 Å². The van der Waals surface area contributed by atoms with Gasteiger partial charge in [-0.2, -0.15) is 24.5 Å². The zero-order valence-electron chi connectivity index (χ0n) is 17.0. The molecule has 0 bridgehead atoms. The second kappa shape index (κ2) is 9.95. The first kappa shape index (κ1) is 24.1. The molecule has 0 radical (unpaired) electrons. The van der Waals surface area contributed by atoms with Crippen LogP contribution in [0.3, 0.4) is 0 Å². The van der Waals surface area contributed by atoms with Crippen LogP contribution < -0.4 is 4.89 Å². The number of Topliss-reactive ketones (excluding diaryl/α,β-unsaturated/α-hetero) is 1. The Kier molecular flexibility index (Phi) is 7.50. The van der Waals surface area contributed by atoms with Gasteiger partial charge in [-0.15, -0.1) is 0 Å². The number of hydrogen-bond donors (Lipinski definition) is 1. The largest absolute Gasteiger partial charge is 0.416 e. The van der Waals surface area contributed by atoms with Crippen LogP contribution in [0.1, 0.15) is 23.6 Å². The Morgan fingerprint density at radius 1 is 1.09 bits per heavy atom. The molecular weight excluding hydrogens is 463 g/mol. The standard InChI is InChI=1S/C22H20F3NO4S2/c1-2-30-26-32(28,29)20-6-7-21(16-8-9-31-14-16)17(13-20)12-19(27)11-15-4-3-5-18(10-15)22(23,24)25/h3-10,13-14,26H,2,11-12H2,1H3. The van der Waals surface area contributed by atoms with Crippen LogP contribution in [0.15, 0.2) is 64.2 Å². The SMILES string of the molecule is CCONS(=O)(=O)c1ccc(-c2ccsc2)c(CC(=O)Cc2cccc(C(F)(F)F)c2)c1. The summed E-state index contributed by atoms with van der Waals surface area (Å²) >= 11 is 1.45. The zero-order chi connectivity index (χ0) is 23.4. The van der Waals surface area contributed by atoms with Crippen LogP contribution in [-0.2, 0) is 38.7 Å². The van der Waals surface area contributed by atoms with Gasteiger partial charge in [0.15, 0.2) is 0 Å². The molecule has 0 spiro atoms. The fourth-order valence-electron chi connectivity index (χ4n) is 3.13. The average Bonchev–Trinajstić information content (AvgIpc) is 3.26. The van der Waals surface area contributed by atoms with Gasteiger partial charge in [0, 0.05) is 12.8 Å². The highest BCUT2D eigenvalue weighted by molar-refractivity contribution is 7.89. The van der Waals surface area contributed by atoms with Crippen LogP contribution in [0.5, 0.6) is 0 Å². The number of ketones is 1. The van der Waals surface area contributed by atoms with Crippen molar-refractivity contribution in [3.63, 3.8) is 0 Å². The zero-order valence-corrected chi connectivity index (χ0v) is 18.6. The van der Waals surface area contributed by atoms with E-state index in [-0.39, 0.29) is 35.7 Å². The smallest absolute Gasteiger partial charge is 0.299 e. The van der Waals surface area contributed by atoms with Gasteiger partial charge in [-0.1, -0.05) is 29.2 Å². The van der Waals surface area contributed by atoms with E-state index in [1.165, 1.54) is 35.6 Å². The summed E-state index contributed by atoms with van der Waals surface area (Å²) in [5.41, 5.74) is 1.37. The molecule has 0 amide bonds. The quantitative estimate of drug-likeness (QED) is 0.434. The molecule has 0 aliphatic heterocycles. The van der Waals surface area contributed by atoms with Crippen LogP contribution in [-0.4, -0.2) is 20.8 Å². The van der Waals surface area contributed by atoms with Gasteiger partial charge in [0.25, 0.3) is 10.0 Å². The fraction of sp³-hybridized carbons (Fsp3) is 0.227. The van der Waals surface area contributed by atoms with Gasteiger partial charge >= 0.3 is 6.18 Å². The van der Waals surface area contributed by atoms with E-state index in [1.807, 2.05) is 21.7 Å². The van der Waals surface area contributed by atoms with E-state index >= 15 is 0 Å². The van der Waals surface area contributed by atoms with E-state index in [1.54, 1.807) is 13.0 Å². The lowest BCUT2D eigenvalue weighted by atomic mass is 9.95. The predicted molar refractivity (Wildman–Crippen MR) is 116 cm³/mol. The number of alkyl halides is 3. The molecule has 170 valence electrons. The lowest BCUT2D eigenvalue weighted by Gasteiger charge is -2.12. The van der Waals surface area contributed by atoms with E-state index in [4.69, 9.17) is 4.84 Å². The third-order valence-electron chi connectivity index (χ3n) is 4.58. The van der Waals surface area contributed by atoms with Crippen molar-refractivity contribution in [1.29, 1.82) is 0 Å². The van der Waals surface area contributed by atoms with Gasteiger partial charge in [-0.05, 0) is 64.2 Å². The van der Waals surface area contributed by atoms with Crippen LogP contribution in [0.2, 0.25) is 0 Å². The lowest BCUT2D eigenvalue weighted by Crippen LogP contribution is -2.24. The highest BCUT2D eigenvalue weighted by Gasteiger charge is 2.30. The van der Waals surface area contributed by atoms with Gasteiger partial charge in [0.05, 0.1) is 17.1 Å². The molecule has 3 rings (SSSR count). The molecule has 5 nitrogen and oxygen atoms in total. The van der Waals surface area contributed by atoms with Crippen LogP contribution in [0.4, 0.5) is 13.2 Å². The van der Waals surface area contributed by atoms with Crippen molar-refractivity contribution in [2.75, 3.05) is 6.61 Å². The molecule has 1 heterocycles. The molecular formula is C22H20F3NO4S2. The van der Waals surface area contributed by atoms with E-state index in [0.29, 0.717) is 11.1 Å². The summed E-state index contributed by atoms with van der Waals surface area (Å²) < 4.78 is 63.7. The Morgan fingerprint density at radius 3 is 2.53 bits per heavy atom. The van der Waals surface area contributed by atoms with Gasteiger partial charge < -0.3 is 0 Å². The van der Waals surface area contributed by atoms with Crippen molar-refractivity contribution in [2.24, 2.45) is 0 Å². The molecule has 0 unspecified atom stereocenters. The summed E-state index contributed by atoms with van der Waals surface area (Å²) in [4.78, 5) is 19.5. The molecule has 1 N–H and O–H groups in total. The first-order valence-corrected chi connectivity index (χ1v) is 12.0. The summed E-state index contributed by atoms with van der Waals surface area (Å²) in [6.45, 7) is 1.76. The van der Waals surface area contributed by atoms with E-state index in [9.17, 15) is 26.4 Å². The van der Waals surface area contributed by atoms with E-state index in [0.717, 1.165) is 17.7 Å². The van der Waals surface area contributed by atoms with Crippen molar-refractivity contribution < 1.29 is 31.2 Å². The molecule has 32 heavy (non-hydrogen) atoms. The number of sulfonamides is 1. The second-order valence-electron chi connectivity index (χ2n) is 6.94. The summed E-state index contributed by atoms with van der Waals surface area (Å²) in [7, 11) is -3.95. The minimum atomic E-state index is -4.50. The van der Waals surface area contributed by atoms with Crippen LogP contribution >= 0.6 is 11.3 Å². The molecule has 0 fully saturated rings. The number of nitrogens with one attached hydrogen (secondary N) is 1. The first-order chi connectivity index (χ1) is 15.1. The normalized spacial score (nSPS) is 12.1. The fourth-order valence-corrected chi connectivity index (χ4v) is 4.70. The first-order valence-electron chi connectivity index (χ1n) is 9.57. The maximum Gasteiger partial charge on any atom is 0.416 e. The van der Waals surface area contributed by atoms with Crippen molar-refractivity contribution in [3.05, 3.63) is 76.0 Å². The predicted octanol–water partition coefficient (Wildman–Crippen LogP) is 5.02. The van der Waals surface area contributed by atoms with Crippen molar-refractivity contribution in [3.8, 4) is 11.1 Å². The highest BCUT2D eigenvalue weighted by atomic mass is 32.2. The number of benzene rings is 2. The van der Waals surface area contributed by atoms with Gasteiger partial charge in [-0.3, -0.25) is 9.63 Å². The number of thiophene rings is 1. The maximum atomic E-state index is 12.9. The number of rotatable bonds is 9. The maximum absolute atomic E-state index is 12.9.